The minimum absolute atomic E-state index is 0.357. The molecule has 0 aliphatic heterocycles. The zero-order valence-electron chi connectivity index (χ0n) is 8.37. The number of furan rings is 1. The summed E-state index contributed by atoms with van der Waals surface area (Å²) in [6, 6.07) is 3.64. The van der Waals surface area contributed by atoms with Crippen molar-refractivity contribution in [2.45, 2.75) is 26.9 Å². The Morgan fingerprint density at radius 1 is 1.54 bits per heavy atom. The van der Waals surface area contributed by atoms with Crippen molar-refractivity contribution in [3.8, 4) is 0 Å². The number of aliphatic hydroxyl groups is 1. The summed E-state index contributed by atoms with van der Waals surface area (Å²) in [6.45, 7) is 9.38. The van der Waals surface area contributed by atoms with Crippen LogP contribution < -0.4 is 0 Å². The van der Waals surface area contributed by atoms with E-state index < -0.39 is 6.10 Å². The summed E-state index contributed by atoms with van der Waals surface area (Å²) in [6.07, 6.45) is 1.11. The van der Waals surface area contributed by atoms with Crippen LogP contribution in [-0.4, -0.2) is 5.11 Å². The molecule has 1 unspecified atom stereocenters. The maximum absolute atomic E-state index is 9.90. The summed E-state index contributed by atoms with van der Waals surface area (Å²) in [7, 11) is 0. The molecule has 0 saturated heterocycles. The van der Waals surface area contributed by atoms with Gasteiger partial charge in [-0.1, -0.05) is 19.9 Å². The molecular formula is C11H16O2. The van der Waals surface area contributed by atoms with Crippen LogP contribution in [0, 0.1) is 12.3 Å². The van der Waals surface area contributed by atoms with Crippen LogP contribution in [0.2, 0.25) is 0 Å². The van der Waals surface area contributed by atoms with Crippen molar-refractivity contribution in [2.24, 2.45) is 5.41 Å². The van der Waals surface area contributed by atoms with Gasteiger partial charge in [0.15, 0.2) is 0 Å². The number of aryl methyl sites for hydroxylation is 1. The molecule has 0 radical (unpaired) electrons. The maximum Gasteiger partial charge on any atom is 0.133 e. The highest BCUT2D eigenvalue weighted by Crippen LogP contribution is 2.34. The molecular weight excluding hydrogens is 164 g/mol. The largest absolute Gasteiger partial charge is 0.464 e. The summed E-state index contributed by atoms with van der Waals surface area (Å²) >= 11 is 0. The van der Waals surface area contributed by atoms with E-state index in [0.717, 1.165) is 5.76 Å². The lowest BCUT2D eigenvalue weighted by Gasteiger charge is -2.24. The van der Waals surface area contributed by atoms with E-state index >= 15 is 0 Å². The zero-order valence-corrected chi connectivity index (χ0v) is 8.37. The van der Waals surface area contributed by atoms with Crippen molar-refractivity contribution in [2.75, 3.05) is 0 Å². The predicted octanol–water partition coefficient (Wildman–Crippen LogP) is 2.83. The van der Waals surface area contributed by atoms with Crippen LogP contribution in [-0.2, 0) is 0 Å². The molecule has 0 aromatic carbocycles. The molecule has 1 N–H and O–H groups in total. The molecule has 0 aliphatic carbocycles. The first-order valence-electron chi connectivity index (χ1n) is 4.35. The molecule has 0 amide bonds. The molecule has 0 aliphatic rings. The Bertz CT molecular complexity index is 297. The number of hydrogen-bond acceptors (Lipinski definition) is 2. The van der Waals surface area contributed by atoms with Crippen LogP contribution in [0.15, 0.2) is 29.2 Å². The number of rotatable bonds is 3. The summed E-state index contributed by atoms with van der Waals surface area (Å²) in [4.78, 5) is 0. The summed E-state index contributed by atoms with van der Waals surface area (Å²) in [5, 5.41) is 9.90. The van der Waals surface area contributed by atoms with Crippen LogP contribution in [0.25, 0.3) is 0 Å². The molecule has 1 rings (SSSR count). The third-order valence-electron chi connectivity index (χ3n) is 2.26. The van der Waals surface area contributed by atoms with Crippen LogP contribution >= 0.6 is 0 Å². The first kappa shape index (κ1) is 10.1. The van der Waals surface area contributed by atoms with Gasteiger partial charge in [-0.05, 0) is 19.1 Å². The SMILES string of the molecule is C=CC(C)(C)C(O)c1ccc(C)o1. The average Bonchev–Trinajstić information content (AvgIpc) is 2.50. The van der Waals surface area contributed by atoms with E-state index in [1.54, 1.807) is 12.1 Å². The minimum Gasteiger partial charge on any atom is -0.464 e. The quantitative estimate of drug-likeness (QED) is 0.725. The van der Waals surface area contributed by atoms with Gasteiger partial charge >= 0.3 is 0 Å². The van der Waals surface area contributed by atoms with Gasteiger partial charge < -0.3 is 9.52 Å². The van der Waals surface area contributed by atoms with Gasteiger partial charge in [0.1, 0.15) is 17.6 Å². The van der Waals surface area contributed by atoms with Crippen molar-refractivity contribution in [1.82, 2.24) is 0 Å². The van der Waals surface area contributed by atoms with Crippen molar-refractivity contribution < 1.29 is 9.52 Å². The lowest BCUT2D eigenvalue weighted by molar-refractivity contribution is 0.0607. The second kappa shape index (κ2) is 3.38. The Kier molecular flexibility index (Phi) is 2.62. The molecule has 2 heteroatoms. The lowest BCUT2D eigenvalue weighted by atomic mass is 9.85. The second-order valence-electron chi connectivity index (χ2n) is 3.88. The first-order valence-corrected chi connectivity index (χ1v) is 4.35. The first-order chi connectivity index (χ1) is 5.97. The lowest BCUT2D eigenvalue weighted by Crippen LogP contribution is -2.18. The zero-order chi connectivity index (χ0) is 10.1. The third kappa shape index (κ3) is 2.01. The molecule has 1 heterocycles. The fourth-order valence-corrected chi connectivity index (χ4v) is 1.08. The number of aliphatic hydroxyl groups excluding tert-OH is 1. The van der Waals surface area contributed by atoms with E-state index in [0.29, 0.717) is 5.76 Å². The fourth-order valence-electron chi connectivity index (χ4n) is 1.08. The van der Waals surface area contributed by atoms with Crippen LogP contribution in [0.3, 0.4) is 0 Å². The van der Waals surface area contributed by atoms with E-state index in [1.807, 2.05) is 26.8 Å². The third-order valence-corrected chi connectivity index (χ3v) is 2.26. The second-order valence-corrected chi connectivity index (χ2v) is 3.88. The molecule has 13 heavy (non-hydrogen) atoms. The Morgan fingerprint density at radius 2 is 2.15 bits per heavy atom. The van der Waals surface area contributed by atoms with Gasteiger partial charge in [0, 0.05) is 5.41 Å². The number of hydrogen-bond donors (Lipinski definition) is 1. The van der Waals surface area contributed by atoms with Crippen LogP contribution in [0.1, 0.15) is 31.5 Å². The topological polar surface area (TPSA) is 33.4 Å². The van der Waals surface area contributed by atoms with Gasteiger partial charge in [-0.3, -0.25) is 0 Å². The molecule has 1 atom stereocenters. The highest BCUT2D eigenvalue weighted by Gasteiger charge is 2.28. The molecule has 1 aromatic heterocycles. The molecule has 0 spiro atoms. The Hall–Kier alpha value is -1.02. The normalized spacial score (nSPS) is 14.2. The molecule has 0 fully saturated rings. The highest BCUT2D eigenvalue weighted by atomic mass is 16.4. The molecule has 0 bridgehead atoms. The van der Waals surface area contributed by atoms with E-state index in [1.165, 1.54) is 0 Å². The smallest absolute Gasteiger partial charge is 0.133 e. The Balaban J connectivity index is 2.90. The fraction of sp³-hybridized carbons (Fsp3) is 0.455. The van der Waals surface area contributed by atoms with E-state index in [2.05, 4.69) is 6.58 Å². The molecule has 1 aromatic rings. The van der Waals surface area contributed by atoms with Gasteiger partial charge in [-0.15, -0.1) is 6.58 Å². The van der Waals surface area contributed by atoms with Crippen molar-refractivity contribution >= 4 is 0 Å². The van der Waals surface area contributed by atoms with Crippen LogP contribution in [0.4, 0.5) is 0 Å². The van der Waals surface area contributed by atoms with Crippen molar-refractivity contribution in [3.63, 3.8) is 0 Å². The van der Waals surface area contributed by atoms with Gasteiger partial charge in [0.05, 0.1) is 0 Å². The predicted molar refractivity (Wildman–Crippen MR) is 52.4 cm³/mol. The monoisotopic (exact) mass is 180 g/mol. The summed E-state index contributed by atoms with van der Waals surface area (Å²) < 4.78 is 5.34. The highest BCUT2D eigenvalue weighted by molar-refractivity contribution is 5.12. The molecule has 2 nitrogen and oxygen atoms in total. The van der Waals surface area contributed by atoms with Gasteiger partial charge in [0.2, 0.25) is 0 Å². The summed E-state index contributed by atoms with van der Waals surface area (Å²) in [5.74, 6) is 1.41. The van der Waals surface area contributed by atoms with Gasteiger partial charge in [-0.2, -0.15) is 0 Å². The van der Waals surface area contributed by atoms with E-state index in [9.17, 15) is 5.11 Å². The Labute approximate surface area is 78.9 Å². The standard InChI is InChI=1S/C11H16O2/c1-5-11(3,4)10(12)9-7-6-8(2)13-9/h5-7,10,12H,1H2,2-4H3. The average molecular weight is 180 g/mol. The molecule has 72 valence electrons. The maximum atomic E-state index is 9.90. The van der Waals surface area contributed by atoms with Crippen molar-refractivity contribution in [1.29, 1.82) is 0 Å². The van der Waals surface area contributed by atoms with E-state index in [-0.39, 0.29) is 5.41 Å². The van der Waals surface area contributed by atoms with Gasteiger partial charge in [0.25, 0.3) is 0 Å². The van der Waals surface area contributed by atoms with Gasteiger partial charge in [-0.25, -0.2) is 0 Å². The van der Waals surface area contributed by atoms with E-state index in [4.69, 9.17) is 4.42 Å². The summed E-state index contributed by atoms with van der Waals surface area (Å²) in [5.41, 5.74) is -0.357. The minimum atomic E-state index is -0.626. The van der Waals surface area contributed by atoms with Crippen LogP contribution in [0.5, 0.6) is 0 Å². The van der Waals surface area contributed by atoms with Crippen molar-refractivity contribution in [3.05, 3.63) is 36.3 Å². The molecule has 0 saturated carbocycles. The Morgan fingerprint density at radius 3 is 2.54 bits per heavy atom.